The summed E-state index contributed by atoms with van der Waals surface area (Å²) in [5, 5.41) is 2.80. The van der Waals surface area contributed by atoms with Crippen molar-refractivity contribution in [3.8, 4) is 11.5 Å². The monoisotopic (exact) mass is 335 g/mol. The van der Waals surface area contributed by atoms with Crippen LogP contribution in [-0.2, 0) is 14.3 Å². The first kappa shape index (κ1) is 16.4. The Morgan fingerprint density at radius 1 is 1.21 bits per heavy atom. The van der Waals surface area contributed by atoms with Gasteiger partial charge in [-0.2, -0.15) is 0 Å². The molecule has 2 heterocycles. The van der Waals surface area contributed by atoms with Crippen LogP contribution in [0.4, 0.5) is 5.69 Å². The molecule has 8 nitrogen and oxygen atoms in total. The van der Waals surface area contributed by atoms with Gasteiger partial charge >= 0.3 is 5.97 Å². The lowest BCUT2D eigenvalue weighted by atomic mass is 10.0. The minimum Gasteiger partial charge on any atom is -0.497 e. The number of piperazine rings is 1. The molecular weight excluding hydrogens is 314 g/mol. The highest BCUT2D eigenvalue weighted by atomic mass is 16.5. The number of fused-ring (bicyclic) bond motifs is 2. The van der Waals surface area contributed by atoms with Gasteiger partial charge in [-0.3, -0.25) is 9.69 Å². The van der Waals surface area contributed by atoms with Gasteiger partial charge in [0.15, 0.2) is 0 Å². The normalized spacial score (nSPS) is 26.1. The molecule has 0 aliphatic carbocycles. The zero-order valence-corrected chi connectivity index (χ0v) is 14.2. The van der Waals surface area contributed by atoms with Gasteiger partial charge in [0, 0.05) is 43.0 Å². The maximum atomic E-state index is 12.7. The number of nitrogens with one attached hydrogen (secondary N) is 1. The Balaban J connectivity index is 2.16. The number of esters is 1. The van der Waals surface area contributed by atoms with Crippen LogP contribution in [0.5, 0.6) is 11.5 Å². The second kappa shape index (κ2) is 5.86. The highest BCUT2D eigenvalue weighted by Gasteiger charge is 2.64. The number of nitrogens with zero attached hydrogens (tertiary/aromatic N) is 2. The number of carbonyl (C=O) groups is 2. The zero-order chi connectivity index (χ0) is 17.5. The maximum Gasteiger partial charge on any atom is 0.357 e. The van der Waals surface area contributed by atoms with Crippen molar-refractivity contribution in [2.24, 2.45) is 0 Å². The summed E-state index contributed by atoms with van der Waals surface area (Å²) >= 11 is 0. The third-order valence-corrected chi connectivity index (χ3v) is 4.77. The molecule has 1 N–H and O–H groups in total. The molecule has 1 aromatic carbocycles. The SMILES string of the molecule is COC(=O)[C@]12C(=O)NC[C@H](CN1c1cc(OC)cc(OC)c1)N2C. The van der Waals surface area contributed by atoms with Crippen LogP contribution in [0.1, 0.15) is 0 Å². The van der Waals surface area contributed by atoms with E-state index in [-0.39, 0.29) is 6.04 Å². The molecule has 2 fully saturated rings. The summed E-state index contributed by atoms with van der Waals surface area (Å²) < 4.78 is 15.6. The van der Waals surface area contributed by atoms with E-state index < -0.39 is 17.5 Å². The lowest BCUT2D eigenvalue weighted by Gasteiger charge is -2.41. The van der Waals surface area contributed by atoms with Crippen molar-refractivity contribution < 1.29 is 23.8 Å². The molecule has 0 saturated carbocycles. The Hall–Kier alpha value is -2.48. The molecule has 0 spiro atoms. The third-order valence-electron chi connectivity index (χ3n) is 4.77. The van der Waals surface area contributed by atoms with E-state index in [1.54, 1.807) is 49.3 Å². The van der Waals surface area contributed by atoms with Gasteiger partial charge in [0.25, 0.3) is 11.6 Å². The number of ether oxygens (including phenoxy) is 3. The summed E-state index contributed by atoms with van der Waals surface area (Å²) in [6.07, 6.45) is 0. The van der Waals surface area contributed by atoms with Gasteiger partial charge in [-0.1, -0.05) is 0 Å². The predicted octanol–water partition coefficient (Wildman–Crippen LogP) is -0.177. The number of benzene rings is 1. The molecule has 2 atom stereocenters. The van der Waals surface area contributed by atoms with Gasteiger partial charge in [-0.25, -0.2) is 4.79 Å². The smallest absolute Gasteiger partial charge is 0.357 e. The van der Waals surface area contributed by atoms with Crippen molar-refractivity contribution in [2.75, 3.05) is 46.4 Å². The van der Waals surface area contributed by atoms with Gasteiger partial charge in [-0.15, -0.1) is 0 Å². The van der Waals surface area contributed by atoms with E-state index in [2.05, 4.69) is 5.32 Å². The number of rotatable bonds is 4. The van der Waals surface area contributed by atoms with Crippen molar-refractivity contribution in [3.63, 3.8) is 0 Å². The van der Waals surface area contributed by atoms with Crippen molar-refractivity contribution >= 4 is 17.6 Å². The molecule has 2 saturated heterocycles. The van der Waals surface area contributed by atoms with Gasteiger partial charge in [-0.05, 0) is 7.05 Å². The van der Waals surface area contributed by atoms with E-state index in [1.165, 1.54) is 7.11 Å². The average molecular weight is 335 g/mol. The molecule has 2 aliphatic rings. The highest BCUT2D eigenvalue weighted by molar-refractivity contribution is 6.11. The first-order valence-corrected chi connectivity index (χ1v) is 7.59. The number of carbonyl (C=O) groups excluding carboxylic acids is 2. The van der Waals surface area contributed by atoms with E-state index >= 15 is 0 Å². The van der Waals surface area contributed by atoms with Crippen LogP contribution in [0.3, 0.4) is 0 Å². The lowest BCUT2D eigenvalue weighted by Crippen LogP contribution is -2.71. The van der Waals surface area contributed by atoms with Crippen LogP contribution in [0.15, 0.2) is 18.2 Å². The Kier molecular flexibility index (Phi) is 4.00. The number of likely N-dealkylation sites (N-methyl/N-ethyl adjacent to an activating group) is 1. The van der Waals surface area contributed by atoms with Crippen LogP contribution in [0.2, 0.25) is 0 Å². The fraction of sp³-hybridized carbons (Fsp3) is 0.500. The molecule has 0 unspecified atom stereocenters. The molecule has 1 amide bonds. The second-order valence-corrected chi connectivity index (χ2v) is 5.82. The van der Waals surface area contributed by atoms with Crippen molar-refractivity contribution in [1.29, 1.82) is 0 Å². The Bertz CT molecular complexity index is 647. The first-order valence-electron chi connectivity index (χ1n) is 7.59. The van der Waals surface area contributed by atoms with Crippen LogP contribution in [-0.4, -0.2) is 69.9 Å². The molecule has 1 aromatic rings. The molecule has 8 heteroatoms. The number of methoxy groups -OCH3 is 3. The Labute approximate surface area is 140 Å². The standard InChI is InChI=1S/C16H21N3O5/c1-18-11-8-17-14(20)16(18,15(21)24-4)19(9-11)10-5-12(22-2)7-13(6-10)23-3/h5-7,11H,8-9H2,1-4H3,(H,17,20)/t11-,16+/m1/s1. The zero-order valence-electron chi connectivity index (χ0n) is 14.2. The Morgan fingerprint density at radius 3 is 2.38 bits per heavy atom. The summed E-state index contributed by atoms with van der Waals surface area (Å²) in [4.78, 5) is 28.9. The second-order valence-electron chi connectivity index (χ2n) is 5.82. The highest BCUT2D eigenvalue weighted by Crippen LogP contribution is 2.40. The fourth-order valence-electron chi connectivity index (χ4n) is 3.47. The summed E-state index contributed by atoms with van der Waals surface area (Å²) in [6.45, 7) is 0.979. The van der Waals surface area contributed by atoms with Crippen molar-refractivity contribution in [3.05, 3.63) is 18.2 Å². The van der Waals surface area contributed by atoms with Gasteiger partial charge in [0.05, 0.1) is 21.3 Å². The van der Waals surface area contributed by atoms with E-state index in [0.29, 0.717) is 30.3 Å². The minimum atomic E-state index is -1.53. The predicted molar refractivity (Wildman–Crippen MR) is 86.2 cm³/mol. The quantitative estimate of drug-likeness (QED) is 0.604. The van der Waals surface area contributed by atoms with Crippen LogP contribution in [0.25, 0.3) is 0 Å². The van der Waals surface area contributed by atoms with Gasteiger partial charge < -0.3 is 24.4 Å². The fourth-order valence-corrected chi connectivity index (χ4v) is 3.47. The summed E-state index contributed by atoms with van der Waals surface area (Å²) in [5.41, 5.74) is -0.877. The summed E-state index contributed by atoms with van der Waals surface area (Å²) in [6, 6.07) is 5.28. The molecule has 24 heavy (non-hydrogen) atoms. The van der Waals surface area contributed by atoms with Crippen molar-refractivity contribution in [2.45, 2.75) is 11.7 Å². The molecule has 130 valence electrons. The first-order chi connectivity index (χ1) is 11.5. The topological polar surface area (TPSA) is 80.3 Å². The summed E-state index contributed by atoms with van der Waals surface area (Å²) in [7, 11) is 6.15. The number of hydrogen-bond donors (Lipinski definition) is 1. The molecule has 0 aromatic heterocycles. The number of hydrogen-bond acceptors (Lipinski definition) is 7. The van der Waals surface area contributed by atoms with Crippen LogP contribution < -0.4 is 19.7 Å². The molecule has 2 bridgehead atoms. The van der Waals surface area contributed by atoms with Crippen LogP contribution >= 0.6 is 0 Å². The minimum absolute atomic E-state index is 0.000930. The Morgan fingerprint density at radius 2 is 1.83 bits per heavy atom. The van der Waals surface area contributed by atoms with E-state index in [4.69, 9.17) is 14.2 Å². The van der Waals surface area contributed by atoms with E-state index in [1.807, 2.05) is 0 Å². The van der Waals surface area contributed by atoms with E-state index in [9.17, 15) is 9.59 Å². The number of anilines is 1. The number of amides is 1. The third kappa shape index (κ3) is 2.10. The van der Waals surface area contributed by atoms with Crippen LogP contribution in [0, 0.1) is 0 Å². The summed E-state index contributed by atoms with van der Waals surface area (Å²) in [5.74, 6) is 0.140. The lowest BCUT2D eigenvalue weighted by molar-refractivity contribution is -0.161. The molecule has 0 radical (unpaired) electrons. The average Bonchev–Trinajstić information content (AvgIpc) is 2.81. The van der Waals surface area contributed by atoms with Gasteiger partial charge in [0.2, 0.25) is 0 Å². The molecular formula is C16H21N3O5. The largest absolute Gasteiger partial charge is 0.497 e. The molecule has 3 rings (SSSR count). The van der Waals surface area contributed by atoms with Gasteiger partial charge in [0.1, 0.15) is 11.5 Å². The van der Waals surface area contributed by atoms with E-state index in [0.717, 1.165) is 0 Å². The van der Waals surface area contributed by atoms with Crippen molar-refractivity contribution in [1.82, 2.24) is 10.2 Å². The maximum absolute atomic E-state index is 12.7. The molecule has 2 aliphatic heterocycles.